The standard InChI is InChI=1S/C14H14N5O/c15-13(20)14-17-7-11-3-6-19(9-12(11)18-14)8-10-1-4-16-5-2-10/h1-2,4-5H,3,6,8-9H2,(H2,15,20). The van der Waals surface area contributed by atoms with E-state index in [1.54, 1.807) is 12.4 Å². The number of rotatable bonds is 3. The van der Waals surface area contributed by atoms with E-state index in [0.717, 1.165) is 30.8 Å². The fourth-order valence-electron chi connectivity index (χ4n) is 2.29. The van der Waals surface area contributed by atoms with E-state index in [9.17, 15) is 4.79 Å². The molecule has 2 aromatic rings. The van der Waals surface area contributed by atoms with Gasteiger partial charge in [-0.2, -0.15) is 0 Å². The highest BCUT2D eigenvalue weighted by Gasteiger charge is 2.20. The number of amides is 1. The molecule has 0 spiro atoms. The zero-order chi connectivity index (χ0) is 13.9. The Morgan fingerprint density at radius 3 is 2.95 bits per heavy atom. The molecule has 3 heterocycles. The lowest BCUT2D eigenvalue weighted by Crippen LogP contribution is -2.32. The van der Waals surface area contributed by atoms with Crippen LogP contribution in [-0.2, 0) is 19.5 Å². The molecule has 0 bridgehead atoms. The van der Waals surface area contributed by atoms with Crippen molar-refractivity contribution in [1.82, 2.24) is 19.9 Å². The average molecular weight is 268 g/mol. The Morgan fingerprint density at radius 2 is 2.20 bits per heavy atom. The van der Waals surface area contributed by atoms with Gasteiger partial charge in [0, 0.05) is 37.6 Å². The largest absolute Gasteiger partial charge is 0.363 e. The van der Waals surface area contributed by atoms with Crippen molar-refractivity contribution in [2.45, 2.75) is 19.5 Å². The molecular weight excluding hydrogens is 254 g/mol. The number of carbonyl (C=O) groups is 1. The highest BCUT2D eigenvalue weighted by atomic mass is 16.1. The van der Waals surface area contributed by atoms with Crippen molar-refractivity contribution in [3.05, 3.63) is 53.4 Å². The lowest BCUT2D eigenvalue weighted by Gasteiger charge is -2.27. The van der Waals surface area contributed by atoms with Gasteiger partial charge in [-0.1, -0.05) is 0 Å². The summed E-state index contributed by atoms with van der Waals surface area (Å²) in [6.45, 7) is 2.43. The first kappa shape index (κ1) is 12.7. The Hall–Kier alpha value is -2.34. The Labute approximate surface area is 116 Å². The minimum absolute atomic E-state index is 0.0366. The Bertz CT molecular complexity index is 629. The van der Waals surface area contributed by atoms with Crippen molar-refractivity contribution >= 4 is 5.91 Å². The van der Waals surface area contributed by atoms with Gasteiger partial charge in [0.05, 0.1) is 11.9 Å². The fourth-order valence-corrected chi connectivity index (χ4v) is 2.29. The van der Waals surface area contributed by atoms with Gasteiger partial charge in [0.1, 0.15) is 0 Å². The lowest BCUT2D eigenvalue weighted by molar-refractivity contribution is 0.0989. The van der Waals surface area contributed by atoms with Crippen molar-refractivity contribution in [2.75, 3.05) is 6.54 Å². The minimum atomic E-state index is -0.615. The molecule has 1 aliphatic heterocycles. The van der Waals surface area contributed by atoms with Gasteiger partial charge in [0.15, 0.2) is 0 Å². The first-order valence-corrected chi connectivity index (χ1v) is 6.41. The zero-order valence-electron chi connectivity index (χ0n) is 10.9. The molecule has 1 amide bonds. The molecule has 1 aliphatic rings. The monoisotopic (exact) mass is 268 g/mol. The Kier molecular flexibility index (Phi) is 3.39. The quantitative estimate of drug-likeness (QED) is 0.867. The molecule has 0 aliphatic carbocycles. The summed E-state index contributed by atoms with van der Waals surface area (Å²) in [6, 6.07) is 3.99. The minimum Gasteiger partial charge on any atom is -0.363 e. The highest BCUT2D eigenvalue weighted by molar-refractivity contribution is 5.88. The van der Waals surface area contributed by atoms with E-state index >= 15 is 0 Å². The van der Waals surface area contributed by atoms with Crippen LogP contribution in [0, 0.1) is 6.20 Å². The molecule has 2 aromatic heterocycles. The van der Waals surface area contributed by atoms with E-state index in [1.807, 2.05) is 12.1 Å². The summed E-state index contributed by atoms with van der Waals surface area (Å²) in [5.41, 5.74) is 8.22. The van der Waals surface area contributed by atoms with Gasteiger partial charge in [-0.3, -0.25) is 14.7 Å². The third kappa shape index (κ3) is 2.65. The molecule has 20 heavy (non-hydrogen) atoms. The molecule has 101 valence electrons. The summed E-state index contributed by atoms with van der Waals surface area (Å²) in [5.74, 6) is -0.579. The summed E-state index contributed by atoms with van der Waals surface area (Å²) in [7, 11) is 0. The third-order valence-electron chi connectivity index (χ3n) is 3.31. The summed E-state index contributed by atoms with van der Waals surface area (Å²) < 4.78 is 0. The second-order valence-corrected chi connectivity index (χ2v) is 4.76. The Morgan fingerprint density at radius 1 is 1.40 bits per heavy atom. The van der Waals surface area contributed by atoms with E-state index in [2.05, 4.69) is 26.0 Å². The predicted octanol–water partition coefficient (Wildman–Crippen LogP) is 0.329. The smallest absolute Gasteiger partial charge is 0.286 e. The van der Waals surface area contributed by atoms with Crippen LogP contribution in [0.4, 0.5) is 0 Å². The van der Waals surface area contributed by atoms with Crippen molar-refractivity contribution in [3.63, 3.8) is 0 Å². The number of nitrogens with zero attached hydrogens (tertiary/aromatic N) is 4. The van der Waals surface area contributed by atoms with E-state index in [-0.39, 0.29) is 5.82 Å². The highest BCUT2D eigenvalue weighted by Crippen LogP contribution is 2.17. The molecule has 3 rings (SSSR count). The maximum absolute atomic E-state index is 11.1. The summed E-state index contributed by atoms with van der Waals surface area (Å²) in [4.78, 5) is 25.5. The van der Waals surface area contributed by atoms with Gasteiger partial charge in [-0.15, -0.1) is 0 Å². The molecule has 0 aromatic carbocycles. The van der Waals surface area contributed by atoms with Crippen LogP contribution < -0.4 is 5.73 Å². The molecule has 0 unspecified atom stereocenters. The van der Waals surface area contributed by atoms with Gasteiger partial charge < -0.3 is 5.73 Å². The molecule has 6 heteroatoms. The second-order valence-electron chi connectivity index (χ2n) is 4.76. The maximum Gasteiger partial charge on any atom is 0.286 e. The van der Waals surface area contributed by atoms with Crippen LogP contribution in [0.25, 0.3) is 0 Å². The normalized spacial score (nSPS) is 14.8. The van der Waals surface area contributed by atoms with E-state index in [1.165, 1.54) is 5.56 Å². The van der Waals surface area contributed by atoms with Gasteiger partial charge in [0.25, 0.3) is 5.91 Å². The van der Waals surface area contributed by atoms with Crippen LogP contribution in [0.1, 0.15) is 27.4 Å². The summed E-state index contributed by atoms with van der Waals surface area (Å²) >= 11 is 0. The maximum atomic E-state index is 11.1. The molecule has 0 atom stereocenters. The summed E-state index contributed by atoms with van der Waals surface area (Å²) in [6.07, 6.45) is 7.28. The molecule has 6 nitrogen and oxygen atoms in total. The van der Waals surface area contributed by atoms with Gasteiger partial charge in [0.2, 0.25) is 5.82 Å². The molecular formula is C14H14N5O. The number of primary amides is 1. The van der Waals surface area contributed by atoms with Crippen LogP contribution in [0.15, 0.2) is 24.5 Å². The molecule has 2 N–H and O–H groups in total. The number of fused-ring (bicyclic) bond motifs is 1. The van der Waals surface area contributed by atoms with Crippen LogP contribution in [0.3, 0.4) is 0 Å². The van der Waals surface area contributed by atoms with Crippen LogP contribution in [-0.4, -0.2) is 32.3 Å². The first-order chi connectivity index (χ1) is 9.72. The number of carbonyl (C=O) groups excluding carboxylic acids is 1. The van der Waals surface area contributed by atoms with Crippen LogP contribution >= 0.6 is 0 Å². The molecule has 1 radical (unpaired) electrons. The van der Waals surface area contributed by atoms with Crippen molar-refractivity contribution in [1.29, 1.82) is 0 Å². The topological polar surface area (TPSA) is 85.0 Å². The number of pyridine rings is 1. The molecule has 0 saturated carbocycles. The zero-order valence-corrected chi connectivity index (χ0v) is 10.9. The first-order valence-electron chi connectivity index (χ1n) is 6.41. The van der Waals surface area contributed by atoms with Crippen molar-refractivity contribution in [3.8, 4) is 0 Å². The molecule has 0 fully saturated rings. The summed E-state index contributed by atoms with van der Waals surface area (Å²) in [5, 5.41) is 0. The van der Waals surface area contributed by atoms with Crippen molar-refractivity contribution < 1.29 is 4.79 Å². The average Bonchev–Trinajstić information content (AvgIpc) is 2.47. The van der Waals surface area contributed by atoms with E-state index in [4.69, 9.17) is 5.73 Å². The van der Waals surface area contributed by atoms with Crippen LogP contribution in [0.5, 0.6) is 0 Å². The van der Waals surface area contributed by atoms with E-state index in [0.29, 0.717) is 6.54 Å². The van der Waals surface area contributed by atoms with Crippen molar-refractivity contribution in [2.24, 2.45) is 5.73 Å². The SMILES string of the molecule is NC(=O)c1n[c]c2c(n1)CN(Cc1ccncc1)CC2. The predicted molar refractivity (Wildman–Crippen MR) is 71.4 cm³/mol. The number of hydrogen-bond donors (Lipinski definition) is 1. The van der Waals surface area contributed by atoms with E-state index < -0.39 is 5.91 Å². The second kappa shape index (κ2) is 5.34. The van der Waals surface area contributed by atoms with Gasteiger partial charge in [-0.25, -0.2) is 9.97 Å². The number of nitrogens with two attached hydrogens (primary N) is 1. The van der Waals surface area contributed by atoms with Crippen LogP contribution in [0.2, 0.25) is 0 Å². The van der Waals surface area contributed by atoms with Gasteiger partial charge >= 0.3 is 0 Å². The lowest BCUT2D eigenvalue weighted by atomic mass is 10.1. The Balaban J connectivity index is 1.77. The molecule has 0 saturated heterocycles. The third-order valence-corrected chi connectivity index (χ3v) is 3.31. The number of hydrogen-bond acceptors (Lipinski definition) is 5. The fraction of sp³-hybridized carbons (Fsp3) is 0.286. The number of aromatic nitrogens is 3. The van der Waals surface area contributed by atoms with Gasteiger partial charge in [-0.05, 0) is 24.1 Å².